The van der Waals surface area contributed by atoms with E-state index >= 15 is 0 Å². The first-order chi connectivity index (χ1) is 17.2. The summed E-state index contributed by atoms with van der Waals surface area (Å²) < 4.78 is 10.3. The van der Waals surface area contributed by atoms with Crippen molar-refractivity contribution in [3.05, 3.63) is 76.6 Å². The van der Waals surface area contributed by atoms with Crippen molar-refractivity contribution in [1.82, 2.24) is 9.88 Å². The highest BCUT2D eigenvalue weighted by Crippen LogP contribution is 2.47. The van der Waals surface area contributed by atoms with Crippen molar-refractivity contribution in [1.29, 1.82) is 0 Å². The third-order valence-electron chi connectivity index (χ3n) is 6.75. The third kappa shape index (κ3) is 3.21. The number of carbonyl (C=O) groups is 3. The number of aromatic amines is 1. The molecule has 36 heavy (non-hydrogen) atoms. The number of aromatic nitrogens is 1. The smallest absolute Gasteiger partial charge is 0.343 e. The van der Waals surface area contributed by atoms with Gasteiger partial charge in [-0.2, -0.15) is 0 Å². The first-order valence-corrected chi connectivity index (χ1v) is 11.1. The standard InChI is InChI=1S/C26H20B2N2O6/c1-35-24(33)18-9-13(21(31)17-10-14(27)11-19(28)22(17)32)12-30-8-7-16-15-5-3-4-6-20(15)29-23(16)26(18,30)25(34)36-2/h3-6,9-12,29,32H,7-8H2,1-2H3. The van der Waals surface area contributed by atoms with Gasteiger partial charge in [0.15, 0.2) is 5.78 Å². The molecule has 0 saturated heterocycles. The molecule has 0 aliphatic carbocycles. The maximum absolute atomic E-state index is 13.6. The largest absolute Gasteiger partial charge is 0.508 e. The van der Waals surface area contributed by atoms with Gasteiger partial charge in [-0.15, -0.1) is 0 Å². The van der Waals surface area contributed by atoms with Crippen molar-refractivity contribution in [2.75, 3.05) is 20.8 Å². The van der Waals surface area contributed by atoms with Crippen molar-refractivity contribution < 1.29 is 29.0 Å². The summed E-state index contributed by atoms with van der Waals surface area (Å²) in [6.45, 7) is 0.292. The Kier molecular flexibility index (Phi) is 5.54. The van der Waals surface area contributed by atoms with Crippen molar-refractivity contribution in [2.24, 2.45) is 0 Å². The van der Waals surface area contributed by atoms with E-state index in [1.165, 1.54) is 38.6 Å². The number of fused-ring (bicyclic) bond motifs is 5. The van der Waals surface area contributed by atoms with E-state index in [2.05, 4.69) is 4.98 Å². The molecule has 10 heteroatoms. The Balaban J connectivity index is 1.76. The lowest BCUT2D eigenvalue weighted by Gasteiger charge is -2.46. The zero-order valence-electron chi connectivity index (χ0n) is 19.6. The second kappa shape index (κ2) is 8.48. The summed E-state index contributed by atoms with van der Waals surface area (Å²) in [5.74, 6) is -2.59. The summed E-state index contributed by atoms with van der Waals surface area (Å²) in [7, 11) is 14.1. The molecule has 0 amide bonds. The van der Waals surface area contributed by atoms with Gasteiger partial charge in [-0.05, 0) is 24.1 Å². The number of ketones is 1. The fourth-order valence-corrected chi connectivity index (χ4v) is 5.15. The minimum absolute atomic E-state index is 0.0368. The van der Waals surface area contributed by atoms with Gasteiger partial charge in [0.1, 0.15) is 21.4 Å². The number of esters is 2. The Morgan fingerprint density at radius 3 is 2.58 bits per heavy atom. The lowest BCUT2D eigenvalue weighted by atomic mass is 9.75. The predicted molar refractivity (Wildman–Crippen MR) is 134 cm³/mol. The molecule has 176 valence electrons. The zero-order chi connectivity index (χ0) is 25.8. The van der Waals surface area contributed by atoms with Crippen LogP contribution in [-0.2, 0) is 31.0 Å². The fourth-order valence-electron chi connectivity index (χ4n) is 5.15. The van der Waals surface area contributed by atoms with Gasteiger partial charge in [0.05, 0.1) is 31.1 Å². The molecule has 8 nitrogen and oxygen atoms in total. The second-order valence-corrected chi connectivity index (χ2v) is 8.64. The van der Waals surface area contributed by atoms with Crippen LogP contribution in [0.1, 0.15) is 21.6 Å². The lowest BCUT2D eigenvalue weighted by molar-refractivity contribution is -0.156. The van der Waals surface area contributed by atoms with Crippen LogP contribution in [0.5, 0.6) is 5.75 Å². The molecule has 2 aliphatic rings. The number of allylic oxidation sites excluding steroid dienone is 2. The summed E-state index contributed by atoms with van der Waals surface area (Å²) in [6, 6.07) is 10.2. The van der Waals surface area contributed by atoms with Crippen LogP contribution >= 0.6 is 0 Å². The van der Waals surface area contributed by atoms with Crippen LogP contribution in [0, 0.1) is 0 Å². The quantitative estimate of drug-likeness (QED) is 0.321. The number of methoxy groups -OCH3 is 2. The minimum atomic E-state index is -1.71. The number of rotatable bonds is 4. The topological polar surface area (TPSA) is 109 Å². The first-order valence-electron chi connectivity index (χ1n) is 11.1. The number of phenols is 1. The Hall–Kier alpha value is -4.20. The molecule has 2 aliphatic heterocycles. The van der Waals surface area contributed by atoms with Crippen molar-refractivity contribution in [3.8, 4) is 5.75 Å². The number of nitrogens with one attached hydrogen (secondary N) is 1. The number of Topliss-reactive ketones (excluding diaryl/α,β-unsaturated/α-hetero) is 1. The van der Waals surface area contributed by atoms with E-state index in [4.69, 9.17) is 25.2 Å². The number of H-pyrrole nitrogens is 1. The Morgan fingerprint density at radius 1 is 1.11 bits per heavy atom. The molecule has 0 fully saturated rings. The van der Waals surface area contributed by atoms with Crippen LogP contribution in [0.3, 0.4) is 0 Å². The van der Waals surface area contributed by atoms with E-state index in [0.29, 0.717) is 18.7 Å². The number of carbonyl (C=O) groups excluding carboxylic acids is 3. The Morgan fingerprint density at radius 2 is 1.86 bits per heavy atom. The summed E-state index contributed by atoms with van der Waals surface area (Å²) >= 11 is 0. The van der Waals surface area contributed by atoms with Gasteiger partial charge in [-0.1, -0.05) is 41.3 Å². The van der Waals surface area contributed by atoms with Crippen molar-refractivity contribution >= 4 is 55.2 Å². The van der Waals surface area contributed by atoms with Gasteiger partial charge in [0, 0.05) is 29.2 Å². The molecule has 0 spiro atoms. The number of hydrogen-bond acceptors (Lipinski definition) is 7. The number of ether oxygens (including phenoxy) is 2. The van der Waals surface area contributed by atoms with E-state index in [1.54, 1.807) is 4.90 Å². The van der Waals surface area contributed by atoms with Crippen molar-refractivity contribution in [3.63, 3.8) is 0 Å². The lowest BCUT2D eigenvalue weighted by Crippen LogP contribution is -2.58. The number of phenolic OH excluding ortho intramolecular Hbond substituents is 1. The Bertz CT molecular complexity index is 1520. The van der Waals surface area contributed by atoms with E-state index < -0.39 is 29.0 Å². The predicted octanol–water partition coefficient (Wildman–Crippen LogP) is 0.567. The van der Waals surface area contributed by atoms with Crippen LogP contribution in [0.2, 0.25) is 0 Å². The number of benzene rings is 2. The average molecular weight is 478 g/mol. The normalized spacial score (nSPS) is 18.6. The molecule has 1 atom stereocenters. The second-order valence-electron chi connectivity index (χ2n) is 8.64. The van der Waals surface area contributed by atoms with Gasteiger partial charge in [-0.3, -0.25) is 4.79 Å². The monoisotopic (exact) mass is 478 g/mol. The van der Waals surface area contributed by atoms with E-state index in [0.717, 1.165) is 16.5 Å². The fraction of sp³-hybridized carbons (Fsp3) is 0.192. The SMILES string of the molecule is [B]c1cc([B])c(O)c(C(=O)C2=CN3CCc4c([nH]c5ccccc45)C3(C(=O)OC)C(C(=O)OC)=C2)c1. The molecule has 1 aromatic heterocycles. The van der Waals surface area contributed by atoms with Gasteiger partial charge in [0.25, 0.3) is 0 Å². The number of aromatic hydroxyl groups is 1. The average Bonchev–Trinajstić information content (AvgIpc) is 3.27. The summed E-state index contributed by atoms with van der Waals surface area (Å²) in [4.78, 5) is 45.2. The summed E-state index contributed by atoms with van der Waals surface area (Å²) in [6.07, 6.45) is 3.31. The molecular formula is C26H20B2N2O6. The van der Waals surface area contributed by atoms with E-state index in [1.807, 2.05) is 24.3 Å². The molecule has 2 N–H and O–H groups in total. The van der Waals surface area contributed by atoms with E-state index in [9.17, 15) is 19.5 Å². The molecule has 0 saturated carbocycles. The molecule has 0 bridgehead atoms. The molecule has 3 heterocycles. The summed E-state index contributed by atoms with van der Waals surface area (Å²) in [5, 5.41) is 11.4. The minimum Gasteiger partial charge on any atom is -0.508 e. The maximum Gasteiger partial charge on any atom is 0.343 e. The zero-order valence-corrected chi connectivity index (χ0v) is 19.6. The molecule has 2 aromatic carbocycles. The number of hydrogen-bond donors (Lipinski definition) is 2. The highest BCUT2D eigenvalue weighted by atomic mass is 16.5. The van der Waals surface area contributed by atoms with Gasteiger partial charge >= 0.3 is 11.9 Å². The first kappa shape index (κ1) is 23.5. The number of para-hydroxylation sites is 1. The van der Waals surface area contributed by atoms with Crippen molar-refractivity contribution in [2.45, 2.75) is 12.0 Å². The van der Waals surface area contributed by atoms with Crippen LogP contribution in [0.4, 0.5) is 0 Å². The molecule has 3 aromatic rings. The van der Waals surface area contributed by atoms with Gasteiger partial charge in [-0.25, -0.2) is 9.59 Å². The molecule has 5 rings (SSSR count). The molecule has 1 unspecified atom stereocenters. The number of nitrogens with zero attached hydrogens (tertiary/aromatic N) is 1. The molecular weight excluding hydrogens is 458 g/mol. The maximum atomic E-state index is 13.6. The van der Waals surface area contributed by atoms with Gasteiger partial charge in [0.2, 0.25) is 5.54 Å². The van der Waals surface area contributed by atoms with E-state index in [-0.39, 0.29) is 27.6 Å². The summed E-state index contributed by atoms with van der Waals surface area (Å²) in [5.41, 5.74) is 0.346. The van der Waals surface area contributed by atoms with Crippen LogP contribution in [-0.4, -0.2) is 69.2 Å². The van der Waals surface area contributed by atoms with Crippen LogP contribution in [0.25, 0.3) is 10.9 Å². The highest BCUT2D eigenvalue weighted by Gasteiger charge is 2.58. The van der Waals surface area contributed by atoms with Crippen LogP contribution < -0.4 is 10.9 Å². The molecule has 4 radical (unpaired) electrons. The third-order valence-corrected chi connectivity index (χ3v) is 6.75. The van der Waals surface area contributed by atoms with Crippen LogP contribution in [0.15, 0.2) is 59.8 Å². The highest BCUT2D eigenvalue weighted by molar-refractivity contribution is 6.40. The Labute approximate surface area is 209 Å². The van der Waals surface area contributed by atoms with Gasteiger partial charge < -0.3 is 24.5 Å².